The molecule has 8 nitrogen and oxygen atoms in total. The number of piperidine rings is 1. The van der Waals surface area contributed by atoms with Crippen LogP contribution in [0.3, 0.4) is 0 Å². The van der Waals surface area contributed by atoms with E-state index in [2.05, 4.69) is 20.9 Å². The molecule has 1 aromatic heterocycles. The zero-order chi connectivity index (χ0) is 20.8. The molecule has 1 aliphatic heterocycles. The summed E-state index contributed by atoms with van der Waals surface area (Å²) in [6, 6.07) is 14.5. The Balaban J connectivity index is 0.00000272. The summed E-state index contributed by atoms with van der Waals surface area (Å²) in [4.78, 5) is 12.5. The minimum atomic E-state index is -0.285. The molecule has 2 aromatic carbocycles. The number of ether oxygens (including phenoxy) is 2. The van der Waals surface area contributed by atoms with Crippen LogP contribution in [0.25, 0.3) is 0 Å². The third kappa shape index (κ3) is 6.19. The van der Waals surface area contributed by atoms with Crippen molar-refractivity contribution < 1.29 is 14.3 Å². The topological polar surface area (TPSA) is 90.3 Å². The molecule has 1 fully saturated rings. The fourth-order valence-electron chi connectivity index (χ4n) is 3.42. The molecule has 1 aliphatic rings. The zero-order valence-electron chi connectivity index (χ0n) is 17.3. The van der Waals surface area contributed by atoms with Crippen LogP contribution in [0, 0.1) is 5.92 Å². The van der Waals surface area contributed by atoms with Gasteiger partial charge < -0.3 is 20.1 Å². The van der Waals surface area contributed by atoms with Gasteiger partial charge in [0, 0.05) is 12.2 Å². The van der Waals surface area contributed by atoms with E-state index in [1.54, 1.807) is 42.3 Å². The largest absolute Gasteiger partial charge is 0.497 e. The number of carbonyl (C=O) groups excluding carboxylic acids is 1. The number of anilines is 1. The number of nitrogens with one attached hydrogen (secondary N) is 2. The molecule has 4 rings (SSSR count). The van der Waals surface area contributed by atoms with Crippen molar-refractivity contribution in [2.24, 2.45) is 5.92 Å². The molecule has 2 heterocycles. The summed E-state index contributed by atoms with van der Waals surface area (Å²) in [6.07, 6.45) is 4.04. The van der Waals surface area contributed by atoms with Crippen LogP contribution in [-0.4, -0.2) is 41.1 Å². The zero-order valence-corrected chi connectivity index (χ0v) is 18.1. The van der Waals surface area contributed by atoms with E-state index in [1.165, 1.54) is 12.8 Å². The lowest BCUT2D eigenvalue weighted by atomic mass is 10.00. The highest BCUT2D eigenvalue weighted by Gasteiger charge is 2.16. The van der Waals surface area contributed by atoms with Gasteiger partial charge in [-0.2, -0.15) is 0 Å². The maximum Gasteiger partial charge on any atom is 0.277 e. The highest BCUT2D eigenvalue weighted by molar-refractivity contribution is 6.02. The van der Waals surface area contributed by atoms with E-state index >= 15 is 0 Å². The van der Waals surface area contributed by atoms with Gasteiger partial charge in [-0.25, -0.2) is 0 Å². The Morgan fingerprint density at radius 1 is 1.13 bits per heavy atom. The lowest BCUT2D eigenvalue weighted by molar-refractivity contribution is 0.102. The van der Waals surface area contributed by atoms with Crippen LogP contribution in [0.1, 0.15) is 23.3 Å². The number of hydrogen-bond donors (Lipinski definition) is 2. The summed E-state index contributed by atoms with van der Waals surface area (Å²) in [5.41, 5.74) is 0.963. The van der Waals surface area contributed by atoms with Crippen molar-refractivity contribution in [1.29, 1.82) is 0 Å². The Morgan fingerprint density at radius 3 is 2.45 bits per heavy atom. The highest BCUT2D eigenvalue weighted by Crippen LogP contribution is 2.25. The minimum absolute atomic E-state index is 0. The molecule has 31 heavy (non-hydrogen) atoms. The number of halogens is 1. The molecular formula is C22H26ClN5O3. The molecule has 9 heteroatoms. The molecule has 0 radical (unpaired) electrons. The lowest BCUT2D eigenvalue weighted by Gasteiger charge is -2.22. The van der Waals surface area contributed by atoms with E-state index in [4.69, 9.17) is 9.47 Å². The number of aromatic nitrogens is 3. The molecule has 1 unspecified atom stereocenters. The first kappa shape index (κ1) is 22.6. The average molecular weight is 444 g/mol. The summed E-state index contributed by atoms with van der Waals surface area (Å²) in [6.45, 7) is 2.82. The molecule has 164 valence electrons. The Bertz CT molecular complexity index is 970. The van der Waals surface area contributed by atoms with Gasteiger partial charge in [-0.3, -0.25) is 9.48 Å². The summed E-state index contributed by atoms with van der Waals surface area (Å²) in [7, 11) is 1.62. The Hall–Kier alpha value is -3.10. The average Bonchev–Trinajstić information content (AvgIpc) is 3.25. The van der Waals surface area contributed by atoms with Crippen LogP contribution in [0.15, 0.2) is 54.7 Å². The highest BCUT2D eigenvalue weighted by atomic mass is 35.5. The molecule has 1 saturated heterocycles. The van der Waals surface area contributed by atoms with Gasteiger partial charge in [0.25, 0.3) is 5.91 Å². The van der Waals surface area contributed by atoms with E-state index in [1.807, 2.05) is 24.3 Å². The van der Waals surface area contributed by atoms with Crippen LogP contribution >= 0.6 is 12.4 Å². The molecule has 1 amide bonds. The summed E-state index contributed by atoms with van der Waals surface area (Å²) >= 11 is 0. The second kappa shape index (κ2) is 10.8. The van der Waals surface area contributed by atoms with Crippen molar-refractivity contribution in [3.63, 3.8) is 0 Å². The molecule has 0 aliphatic carbocycles. The van der Waals surface area contributed by atoms with Gasteiger partial charge in [0.1, 0.15) is 17.2 Å². The number of hydrogen-bond acceptors (Lipinski definition) is 6. The Labute approximate surface area is 187 Å². The van der Waals surface area contributed by atoms with E-state index in [0.29, 0.717) is 28.8 Å². The van der Waals surface area contributed by atoms with E-state index < -0.39 is 0 Å². The van der Waals surface area contributed by atoms with Gasteiger partial charge in [-0.15, -0.1) is 17.5 Å². The molecule has 3 aromatic rings. The minimum Gasteiger partial charge on any atom is -0.497 e. The van der Waals surface area contributed by atoms with Gasteiger partial charge in [0.2, 0.25) is 0 Å². The fourth-order valence-corrected chi connectivity index (χ4v) is 3.42. The maximum absolute atomic E-state index is 12.5. The summed E-state index contributed by atoms with van der Waals surface area (Å²) in [5, 5.41) is 14.3. The van der Waals surface area contributed by atoms with Crippen LogP contribution < -0.4 is 20.1 Å². The Morgan fingerprint density at radius 2 is 1.81 bits per heavy atom. The van der Waals surface area contributed by atoms with Crippen molar-refractivity contribution in [2.75, 3.05) is 25.5 Å². The van der Waals surface area contributed by atoms with Gasteiger partial charge in [0.15, 0.2) is 5.69 Å². The predicted octanol–water partition coefficient (Wildman–Crippen LogP) is 3.75. The normalized spacial score (nSPS) is 15.6. The molecule has 0 bridgehead atoms. The van der Waals surface area contributed by atoms with E-state index in [9.17, 15) is 4.79 Å². The monoisotopic (exact) mass is 443 g/mol. The fraction of sp³-hybridized carbons (Fsp3) is 0.318. The van der Waals surface area contributed by atoms with Crippen molar-refractivity contribution in [3.05, 3.63) is 60.4 Å². The molecule has 0 spiro atoms. The third-order valence-electron chi connectivity index (χ3n) is 5.02. The first-order valence-electron chi connectivity index (χ1n) is 10.0. The second-order valence-corrected chi connectivity index (χ2v) is 7.29. The Kier molecular flexibility index (Phi) is 7.86. The lowest BCUT2D eigenvalue weighted by Crippen LogP contribution is -2.32. The number of carbonyl (C=O) groups is 1. The van der Waals surface area contributed by atoms with Crippen molar-refractivity contribution >= 4 is 24.0 Å². The van der Waals surface area contributed by atoms with E-state index in [0.717, 1.165) is 25.4 Å². The van der Waals surface area contributed by atoms with E-state index in [-0.39, 0.29) is 18.3 Å². The smallest absolute Gasteiger partial charge is 0.277 e. The van der Waals surface area contributed by atoms with Crippen LogP contribution in [0.4, 0.5) is 5.69 Å². The van der Waals surface area contributed by atoms with Crippen molar-refractivity contribution in [2.45, 2.75) is 19.4 Å². The van der Waals surface area contributed by atoms with Crippen LogP contribution in [0.2, 0.25) is 0 Å². The van der Waals surface area contributed by atoms with Gasteiger partial charge in [0.05, 0.1) is 13.3 Å². The van der Waals surface area contributed by atoms with Gasteiger partial charge in [-0.05, 0) is 80.4 Å². The summed E-state index contributed by atoms with van der Waals surface area (Å²) < 4.78 is 12.7. The first-order valence-corrected chi connectivity index (χ1v) is 10.0. The van der Waals surface area contributed by atoms with Crippen molar-refractivity contribution in [3.8, 4) is 17.2 Å². The number of amides is 1. The van der Waals surface area contributed by atoms with Crippen molar-refractivity contribution in [1.82, 2.24) is 20.3 Å². The maximum atomic E-state index is 12.5. The van der Waals surface area contributed by atoms with Gasteiger partial charge in [-0.1, -0.05) is 5.21 Å². The molecule has 2 N–H and O–H groups in total. The van der Waals surface area contributed by atoms with Gasteiger partial charge >= 0.3 is 0 Å². The molecule has 1 atom stereocenters. The SMILES string of the molecule is COc1ccc(Oc2ccc(NC(=O)c3cn(CC4CCCNC4)nn3)cc2)cc1.Cl. The second-order valence-electron chi connectivity index (χ2n) is 7.29. The van der Waals surface area contributed by atoms with Crippen LogP contribution in [0.5, 0.6) is 17.2 Å². The third-order valence-corrected chi connectivity index (χ3v) is 5.02. The molecular weight excluding hydrogens is 418 g/mol. The summed E-state index contributed by atoms with van der Waals surface area (Å²) in [5.74, 6) is 2.39. The standard InChI is InChI=1S/C22H25N5O3.ClH/c1-29-18-8-10-20(11-9-18)30-19-6-4-17(5-7-19)24-22(28)21-15-27(26-25-21)14-16-3-2-12-23-13-16;/h4-11,15-16,23H,2-3,12-14H2,1H3,(H,24,28);1H. The number of benzene rings is 2. The number of rotatable bonds is 7. The first-order chi connectivity index (χ1) is 14.7. The number of methoxy groups -OCH3 is 1. The molecule has 0 saturated carbocycles. The number of nitrogens with zero attached hydrogens (tertiary/aromatic N) is 3. The quantitative estimate of drug-likeness (QED) is 0.578. The predicted molar refractivity (Wildman–Crippen MR) is 120 cm³/mol. The van der Waals surface area contributed by atoms with Crippen LogP contribution in [-0.2, 0) is 6.54 Å².